The number of pyridine rings is 1. The normalized spacial score (nSPS) is 15.2. The molecule has 0 saturated carbocycles. The highest BCUT2D eigenvalue weighted by molar-refractivity contribution is 5.85. The van der Waals surface area contributed by atoms with Gasteiger partial charge in [0.15, 0.2) is 0 Å². The molecule has 1 saturated heterocycles. The molecule has 1 aliphatic heterocycles. The van der Waals surface area contributed by atoms with E-state index in [9.17, 15) is 0 Å². The second-order valence-electron chi connectivity index (χ2n) is 4.04. The van der Waals surface area contributed by atoms with Crippen molar-refractivity contribution in [3.63, 3.8) is 0 Å². The van der Waals surface area contributed by atoms with Crippen molar-refractivity contribution in [2.75, 3.05) is 26.8 Å². The van der Waals surface area contributed by atoms with Crippen molar-refractivity contribution in [2.24, 2.45) is 5.92 Å². The number of aromatic nitrogens is 1. The van der Waals surface area contributed by atoms with Gasteiger partial charge in [0, 0.05) is 12.3 Å². The molecule has 0 bridgehead atoms. The van der Waals surface area contributed by atoms with E-state index in [1.54, 1.807) is 13.3 Å². The fourth-order valence-corrected chi connectivity index (χ4v) is 1.86. The molecule has 0 amide bonds. The molecule has 0 unspecified atom stereocenters. The lowest BCUT2D eigenvalue weighted by molar-refractivity contribution is 0.214. The standard InChI is InChI=1S/C12H18N2O2.2ClH/c1-15-12-8-11(4-7-14-12)16-9-10-2-5-13-6-3-10;;/h4,7-8,10,13H,2-3,5-6,9H2,1H3;2*1H. The average molecular weight is 295 g/mol. The summed E-state index contributed by atoms with van der Waals surface area (Å²) in [5.41, 5.74) is 0. The van der Waals surface area contributed by atoms with E-state index in [1.165, 1.54) is 12.8 Å². The van der Waals surface area contributed by atoms with Crippen LogP contribution in [0.5, 0.6) is 11.6 Å². The Morgan fingerprint density at radius 3 is 2.72 bits per heavy atom. The second-order valence-corrected chi connectivity index (χ2v) is 4.04. The van der Waals surface area contributed by atoms with E-state index in [4.69, 9.17) is 9.47 Å². The Labute approximate surface area is 120 Å². The topological polar surface area (TPSA) is 43.4 Å². The molecule has 0 atom stereocenters. The summed E-state index contributed by atoms with van der Waals surface area (Å²) >= 11 is 0. The molecule has 2 rings (SSSR count). The van der Waals surface area contributed by atoms with Gasteiger partial charge in [-0.2, -0.15) is 0 Å². The number of halogens is 2. The predicted octanol–water partition coefficient (Wildman–Crippen LogP) is 2.31. The van der Waals surface area contributed by atoms with E-state index in [2.05, 4.69) is 10.3 Å². The van der Waals surface area contributed by atoms with Crippen molar-refractivity contribution >= 4 is 24.8 Å². The molecule has 1 fully saturated rings. The molecule has 0 radical (unpaired) electrons. The summed E-state index contributed by atoms with van der Waals surface area (Å²) in [6.45, 7) is 3.00. The first-order chi connectivity index (χ1) is 7.88. The first-order valence-corrected chi connectivity index (χ1v) is 5.72. The van der Waals surface area contributed by atoms with Gasteiger partial charge in [-0.3, -0.25) is 0 Å². The highest BCUT2D eigenvalue weighted by Gasteiger charge is 2.13. The molecule has 18 heavy (non-hydrogen) atoms. The van der Waals surface area contributed by atoms with Crippen LogP contribution in [-0.4, -0.2) is 31.8 Å². The van der Waals surface area contributed by atoms with Gasteiger partial charge in [-0.1, -0.05) is 0 Å². The molecule has 1 aliphatic rings. The van der Waals surface area contributed by atoms with Crippen molar-refractivity contribution in [3.8, 4) is 11.6 Å². The number of methoxy groups -OCH3 is 1. The van der Waals surface area contributed by atoms with Crippen molar-refractivity contribution in [1.82, 2.24) is 10.3 Å². The lowest BCUT2D eigenvalue weighted by atomic mass is 9.99. The molecular formula is C12H20Cl2N2O2. The maximum atomic E-state index is 5.74. The second kappa shape index (κ2) is 9.25. The van der Waals surface area contributed by atoms with E-state index in [0.29, 0.717) is 11.8 Å². The number of hydrogen-bond donors (Lipinski definition) is 1. The minimum Gasteiger partial charge on any atom is -0.493 e. The molecule has 0 aliphatic carbocycles. The van der Waals surface area contributed by atoms with Gasteiger partial charge in [0.25, 0.3) is 0 Å². The van der Waals surface area contributed by atoms with Gasteiger partial charge in [-0.15, -0.1) is 24.8 Å². The SMILES string of the molecule is COc1cc(OCC2CCNCC2)ccn1.Cl.Cl. The Morgan fingerprint density at radius 1 is 1.33 bits per heavy atom. The monoisotopic (exact) mass is 294 g/mol. The van der Waals surface area contributed by atoms with E-state index in [1.807, 2.05) is 12.1 Å². The Bertz CT molecular complexity index is 334. The summed E-state index contributed by atoms with van der Waals surface area (Å²) < 4.78 is 10.8. The van der Waals surface area contributed by atoms with Gasteiger partial charge in [0.2, 0.25) is 5.88 Å². The quantitative estimate of drug-likeness (QED) is 0.925. The largest absolute Gasteiger partial charge is 0.493 e. The summed E-state index contributed by atoms with van der Waals surface area (Å²) in [5, 5.41) is 3.35. The molecule has 0 aromatic carbocycles. The van der Waals surface area contributed by atoms with Crippen LogP contribution in [0.4, 0.5) is 0 Å². The van der Waals surface area contributed by atoms with Crippen LogP contribution < -0.4 is 14.8 Å². The minimum atomic E-state index is 0. The number of nitrogens with zero attached hydrogens (tertiary/aromatic N) is 1. The van der Waals surface area contributed by atoms with Crippen LogP contribution in [0, 0.1) is 5.92 Å². The zero-order valence-corrected chi connectivity index (χ0v) is 12.1. The maximum Gasteiger partial charge on any atom is 0.216 e. The lowest BCUT2D eigenvalue weighted by Gasteiger charge is -2.22. The van der Waals surface area contributed by atoms with Gasteiger partial charge in [0.05, 0.1) is 13.7 Å². The van der Waals surface area contributed by atoms with Crippen LogP contribution in [0.2, 0.25) is 0 Å². The number of piperidine rings is 1. The van der Waals surface area contributed by atoms with Crippen molar-refractivity contribution in [2.45, 2.75) is 12.8 Å². The third-order valence-electron chi connectivity index (χ3n) is 2.86. The van der Waals surface area contributed by atoms with Crippen molar-refractivity contribution in [1.29, 1.82) is 0 Å². The fourth-order valence-electron chi connectivity index (χ4n) is 1.86. The van der Waals surface area contributed by atoms with Gasteiger partial charge >= 0.3 is 0 Å². The fraction of sp³-hybridized carbons (Fsp3) is 0.583. The Balaban J connectivity index is 0.00000144. The molecule has 104 valence electrons. The molecule has 1 aromatic heterocycles. The average Bonchev–Trinajstić information content (AvgIpc) is 2.38. The van der Waals surface area contributed by atoms with Crippen molar-refractivity contribution in [3.05, 3.63) is 18.3 Å². The highest BCUT2D eigenvalue weighted by atomic mass is 35.5. The van der Waals surface area contributed by atoms with E-state index < -0.39 is 0 Å². The smallest absolute Gasteiger partial charge is 0.216 e. The van der Waals surface area contributed by atoms with E-state index in [-0.39, 0.29) is 24.8 Å². The van der Waals surface area contributed by atoms with Gasteiger partial charge in [-0.05, 0) is 37.9 Å². The third-order valence-corrected chi connectivity index (χ3v) is 2.86. The Kier molecular flexibility index (Phi) is 8.89. The van der Waals surface area contributed by atoms with Gasteiger partial charge < -0.3 is 14.8 Å². The Hall–Kier alpha value is -0.710. The molecular weight excluding hydrogens is 275 g/mol. The van der Waals surface area contributed by atoms with E-state index >= 15 is 0 Å². The summed E-state index contributed by atoms with van der Waals surface area (Å²) in [4.78, 5) is 4.04. The van der Waals surface area contributed by atoms with Crippen LogP contribution >= 0.6 is 24.8 Å². The summed E-state index contributed by atoms with van der Waals surface area (Å²) in [7, 11) is 1.61. The molecule has 1 N–H and O–H groups in total. The minimum absolute atomic E-state index is 0. The summed E-state index contributed by atoms with van der Waals surface area (Å²) in [6.07, 6.45) is 4.10. The van der Waals surface area contributed by atoms with Crippen LogP contribution in [0.1, 0.15) is 12.8 Å². The highest BCUT2D eigenvalue weighted by Crippen LogP contribution is 2.18. The first-order valence-electron chi connectivity index (χ1n) is 5.72. The van der Waals surface area contributed by atoms with Gasteiger partial charge in [0.1, 0.15) is 5.75 Å². The predicted molar refractivity (Wildman–Crippen MR) is 76.4 cm³/mol. The van der Waals surface area contributed by atoms with Crippen LogP contribution in [0.3, 0.4) is 0 Å². The van der Waals surface area contributed by atoms with Crippen LogP contribution in [-0.2, 0) is 0 Å². The zero-order valence-electron chi connectivity index (χ0n) is 10.4. The van der Waals surface area contributed by atoms with Crippen LogP contribution in [0.15, 0.2) is 18.3 Å². The summed E-state index contributed by atoms with van der Waals surface area (Å²) in [6, 6.07) is 3.69. The maximum absolute atomic E-state index is 5.74. The molecule has 1 aromatic rings. The lowest BCUT2D eigenvalue weighted by Crippen LogP contribution is -2.30. The molecule has 0 spiro atoms. The Morgan fingerprint density at radius 2 is 2.06 bits per heavy atom. The molecule has 4 nitrogen and oxygen atoms in total. The molecule has 6 heteroatoms. The zero-order chi connectivity index (χ0) is 11.2. The number of nitrogens with one attached hydrogen (secondary N) is 1. The third kappa shape index (κ3) is 5.29. The molecule has 2 heterocycles. The van der Waals surface area contributed by atoms with Crippen molar-refractivity contribution < 1.29 is 9.47 Å². The number of ether oxygens (including phenoxy) is 2. The van der Waals surface area contributed by atoms with Gasteiger partial charge in [-0.25, -0.2) is 4.98 Å². The summed E-state index contributed by atoms with van der Waals surface area (Å²) in [5.74, 6) is 2.11. The number of hydrogen-bond acceptors (Lipinski definition) is 4. The first kappa shape index (κ1) is 17.3. The van der Waals surface area contributed by atoms with Crippen LogP contribution in [0.25, 0.3) is 0 Å². The van der Waals surface area contributed by atoms with E-state index in [0.717, 1.165) is 25.4 Å². The number of rotatable bonds is 4.